The average molecular weight is 374 g/mol. The quantitative estimate of drug-likeness (QED) is 0.787. The number of ether oxygens (including phenoxy) is 1. The molecule has 1 heterocycles. The Bertz CT molecular complexity index is 929. The topological polar surface area (TPSA) is 109 Å². The van der Waals surface area contributed by atoms with Crippen molar-refractivity contribution in [3.8, 4) is 24.0 Å². The molecule has 1 aliphatic carbocycles. The van der Waals surface area contributed by atoms with E-state index >= 15 is 0 Å². The van der Waals surface area contributed by atoms with Crippen molar-refractivity contribution in [3.05, 3.63) is 41.5 Å². The first-order chi connectivity index (χ1) is 13.4. The predicted octanol–water partition coefficient (Wildman–Crippen LogP) is 1.84. The van der Waals surface area contributed by atoms with Crippen molar-refractivity contribution in [3.63, 3.8) is 0 Å². The van der Waals surface area contributed by atoms with Gasteiger partial charge in [0.15, 0.2) is 5.41 Å². The molecule has 6 nitrogen and oxygen atoms in total. The molecular weight excluding hydrogens is 350 g/mol. The molecule has 0 saturated heterocycles. The van der Waals surface area contributed by atoms with E-state index in [4.69, 9.17) is 10.1 Å². The van der Waals surface area contributed by atoms with Crippen LogP contribution in [0, 0.1) is 56.7 Å². The molecule has 28 heavy (non-hydrogen) atoms. The van der Waals surface area contributed by atoms with Crippen LogP contribution in [0.5, 0.6) is 5.75 Å². The summed E-state index contributed by atoms with van der Waals surface area (Å²) in [7, 11) is 1.58. The van der Waals surface area contributed by atoms with Gasteiger partial charge in [0.2, 0.25) is 0 Å². The zero-order valence-electron chi connectivity index (χ0n) is 16.4. The fourth-order valence-electron chi connectivity index (χ4n) is 4.60. The number of nitrogens with zero attached hydrogens (tertiary/aromatic N) is 3. The van der Waals surface area contributed by atoms with Crippen LogP contribution in [-0.2, 0) is 0 Å². The van der Waals surface area contributed by atoms with Crippen LogP contribution in [0.4, 0.5) is 0 Å². The fraction of sp³-hybridized carbons (Fsp3) is 0.455. The molecule has 1 aromatic rings. The van der Waals surface area contributed by atoms with Gasteiger partial charge in [-0.1, -0.05) is 12.1 Å². The van der Waals surface area contributed by atoms with Crippen LogP contribution >= 0.6 is 0 Å². The molecule has 0 amide bonds. The first-order valence-electron chi connectivity index (χ1n) is 9.43. The van der Waals surface area contributed by atoms with Gasteiger partial charge in [-0.15, -0.1) is 0 Å². The second kappa shape index (κ2) is 7.47. The van der Waals surface area contributed by atoms with E-state index in [9.17, 15) is 15.8 Å². The molecular formula is C22H24N5O+. The van der Waals surface area contributed by atoms with Crippen LogP contribution in [-0.4, -0.2) is 32.0 Å². The summed E-state index contributed by atoms with van der Waals surface area (Å²) in [4.78, 5) is 1.34. The first-order valence-corrected chi connectivity index (χ1v) is 9.43. The van der Waals surface area contributed by atoms with E-state index in [2.05, 4.69) is 38.1 Å². The van der Waals surface area contributed by atoms with Crippen molar-refractivity contribution in [2.45, 2.75) is 25.8 Å². The highest BCUT2D eigenvalue weighted by atomic mass is 16.5. The third-order valence-corrected chi connectivity index (χ3v) is 6.18. The molecule has 1 aliphatic heterocycles. The largest absolute Gasteiger partial charge is 0.497 e. The van der Waals surface area contributed by atoms with E-state index in [1.807, 2.05) is 24.3 Å². The number of quaternary nitrogens is 1. The summed E-state index contributed by atoms with van der Waals surface area (Å²) >= 11 is 0. The normalized spacial score (nSPS) is 28.3. The van der Waals surface area contributed by atoms with E-state index in [-0.39, 0.29) is 11.6 Å². The summed E-state index contributed by atoms with van der Waals surface area (Å²) < 4.78 is 5.35. The molecule has 142 valence electrons. The minimum Gasteiger partial charge on any atom is -0.497 e. The Labute approximate surface area is 165 Å². The molecule has 1 aromatic carbocycles. The van der Waals surface area contributed by atoms with E-state index < -0.39 is 17.3 Å². The Kier molecular flexibility index (Phi) is 5.23. The lowest BCUT2D eigenvalue weighted by atomic mass is 9.54. The Morgan fingerprint density at radius 2 is 1.96 bits per heavy atom. The summed E-state index contributed by atoms with van der Waals surface area (Å²) in [6, 6.07) is 14.2. The Morgan fingerprint density at radius 1 is 1.25 bits per heavy atom. The molecule has 2 aliphatic rings. The number of benzene rings is 1. The number of methoxy groups -OCH3 is 1. The van der Waals surface area contributed by atoms with Crippen LogP contribution in [0.15, 0.2) is 35.9 Å². The lowest BCUT2D eigenvalue weighted by Crippen LogP contribution is -3.16. The second-order valence-corrected chi connectivity index (χ2v) is 7.79. The van der Waals surface area contributed by atoms with Crippen molar-refractivity contribution in [1.82, 2.24) is 0 Å². The van der Waals surface area contributed by atoms with E-state index in [1.165, 1.54) is 4.90 Å². The second-order valence-electron chi connectivity index (χ2n) is 7.79. The van der Waals surface area contributed by atoms with Gasteiger partial charge < -0.3 is 15.0 Å². The van der Waals surface area contributed by atoms with Crippen molar-refractivity contribution in [1.29, 1.82) is 21.2 Å². The summed E-state index contributed by atoms with van der Waals surface area (Å²) in [6.45, 7) is 5.79. The lowest BCUT2D eigenvalue weighted by molar-refractivity contribution is -0.920. The summed E-state index contributed by atoms with van der Waals surface area (Å²) in [5.41, 5.74) is -0.104. The summed E-state index contributed by atoms with van der Waals surface area (Å²) in [6.07, 6.45) is 2.05. The van der Waals surface area contributed by atoms with Crippen molar-refractivity contribution in [2.75, 3.05) is 20.2 Å². The van der Waals surface area contributed by atoms with Gasteiger partial charge in [0.1, 0.15) is 11.7 Å². The highest BCUT2D eigenvalue weighted by molar-refractivity contribution is 6.00. The lowest BCUT2D eigenvalue weighted by Gasteiger charge is -2.47. The van der Waals surface area contributed by atoms with Gasteiger partial charge in [0.25, 0.3) is 0 Å². The predicted molar refractivity (Wildman–Crippen MR) is 104 cm³/mol. The molecule has 0 radical (unpaired) electrons. The molecule has 0 aromatic heterocycles. The Morgan fingerprint density at radius 3 is 2.54 bits per heavy atom. The number of hydrogen-bond acceptors (Lipinski definition) is 5. The Balaban J connectivity index is 2.25. The molecule has 1 saturated carbocycles. The van der Waals surface area contributed by atoms with Gasteiger partial charge in [-0.3, -0.25) is 0 Å². The van der Waals surface area contributed by atoms with Crippen LogP contribution in [0.3, 0.4) is 0 Å². The maximum absolute atomic E-state index is 10.1. The highest BCUT2D eigenvalue weighted by Crippen LogP contribution is 2.52. The first kappa shape index (κ1) is 19.6. The Hall–Kier alpha value is -3.14. The molecule has 2 unspecified atom stereocenters. The molecule has 1 fully saturated rings. The molecule has 0 bridgehead atoms. The van der Waals surface area contributed by atoms with E-state index in [1.54, 1.807) is 7.11 Å². The number of nitrogens with one attached hydrogen (secondary N) is 2. The van der Waals surface area contributed by atoms with Crippen molar-refractivity contribution < 1.29 is 9.64 Å². The molecule has 2 N–H and O–H groups in total. The third kappa shape index (κ3) is 2.85. The maximum Gasteiger partial charge on any atom is 0.189 e. The average Bonchev–Trinajstić information content (AvgIpc) is 2.72. The SMILES string of the molecule is COc1cccc([C@H]2[C@@H]3C[NH+](C(C)C)CC=C3C(C#N)C(=N)C2(C#N)C#N)c1. The number of hydrogen-bond donors (Lipinski definition) is 2. The number of nitriles is 3. The number of fused-ring (bicyclic) bond motifs is 1. The standard InChI is InChI=1S/C22H23N5O/c1-14(2)27-8-7-17-18(10-23)21(26)22(12-24,13-25)20(19(17)11-27)15-5-4-6-16(9-15)28-3/h4-7,9,14,18-20,26H,8,11H2,1-3H3/p+1/t18?,19-,20+/m1/s1. The van der Waals surface area contributed by atoms with Gasteiger partial charge in [0.05, 0.1) is 50.2 Å². The molecule has 3 rings (SSSR count). The van der Waals surface area contributed by atoms with E-state index in [0.29, 0.717) is 11.8 Å². The number of rotatable bonds is 3. The summed E-state index contributed by atoms with van der Waals surface area (Å²) in [5, 5.41) is 38.5. The van der Waals surface area contributed by atoms with Gasteiger partial charge in [-0.05, 0) is 43.2 Å². The highest BCUT2D eigenvalue weighted by Gasteiger charge is 2.58. The summed E-state index contributed by atoms with van der Waals surface area (Å²) in [5.74, 6) is -0.850. The van der Waals surface area contributed by atoms with Crippen LogP contribution < -0.4 is 9.64 Å². The van der Waals surface area contributed by atoms with Gasteiger partial charge in [0, 0.05) is 11.8 Å². The van der Waals surface area contributed by atoms with Crippen molar-refractivity contribution >= 4 is 5.71 Å². The molecule has 6 heteroatoms. The van der Waals surface area contributed by atoms with Gasteiger partial charge in [-0.25, -0.2) is 0 Å². The zero-order chi connectivity index (χ0) is 20.5. The third-order valence-electron chi connectivity index (χ3n) is 6.18. The monoisotopic (exact) mass is 374 g/mol. The minimum absolute atomic E-state index is 0.108. The molecule has 4 atom stereocenters. The van der Waals surface area contributed by atoms with Gasteiger partial charge in [-0.2, -0.15) is 15.8 Å². The van der Waals surface area contributed by atoms with Crippen molar-refractivity contribution in [2.24, 2.45) is 17.3 Å². The zero-order valence-corrected chi connectivity index (χ0v) is 16.4. The minimum atomic E-state index is -1.67. The van der Waals surface area contributed by atoms with Crippen LogP contribution in [0.1, 0.15) is 25.3 Å². The maximum atomic E-state index is 10.1. The fourth-order valence-corrected chi connectivity index (χ4v) is 4.60. The van der Waals surface area contributed by atoms with E-state index in [0.717, 1.165) is 24.2 Å². The van der Waals surface area contributed by atoms with Crippen LogP contribution in [0.25, 0.3) is 0 Å². The smallest absolute Gasteiger partial charge is 0.189 e. The molecule has 0 spiro atoms. The van der Waals surface area contributed by atoms with Gasteiger partial charge >= 0.3 is 0 Å². The van der Waals surface area contributed by atoms with Crippen LogP contribution in [0.2, 0.25) is 0 Å².